The first-order valence-electron chi connectivity index (χ1n) is 18.0. The van der Waals surface area contributed by atoms with E-state index in [9.17, 15) is 0 Å². The summed E-state index contributed by atoms with van der Waals surface area (Å²) in [6.07, 6.45) is 0. The fourth-order valence-electron chi connectivity index (χ4n) is 7.69. The highest BCUT2D eigenvalue weighted by Gasteiger charge is 2.19. The number of hydrogen-bond acceptors (Lipinski definition) is 5. The molecule has 0 saturated heterocycles. The van der Waals surface area contributed by atoms with E-state index in [1.807, 2.05) is 53.8 Å². The number of rotatable bonds is 5. The van der Waals surface area contributed by atoms with Crippen molar-refractivity contribution in [2.24, 2.45) is 0 Å². The Morgan fingerprint density at radius 3 is 1.89 bits per heavy atom. The minimum atomic E-state index is 0.677. The number of para-hydroxylation sites is 1. The molecule has 0 fully saturated rings. The molecule has 0 aliphatic carbocycles. The third-order valence-electron chi connectivity index (χ3n) is 10.3. The zero-order valence-electron chi connectivity index (χ0n) is 28.9. The van der Waals surface area contributed by atoms with E-state index in [1.54, 1.807) is 0 Å². The summed E-state index contributed by atoms with van der Waals surface area (Å²) in [4.78, 5) is 15.4. The summed E-state index contributed by atoms with van der Waals surface area (Å²) in [5.74, 6) is 0.677. The number of nitrogens with zero attached hydrogens (tertiary/aromatic N) is 3. The Morgan fingerprint density at radius 2 is 1.07 bits per heavy atom. The molecule has 11 rings (SSSR count). The van der Waals surface area contributed by atoms with Crippen molar-refractivity contribution < 1.29 is 4.42 Å². The quantitative estimate of drug-likeness (QED) is 0.179. The van der Waals surface area contributed by atoms with Crippen LogP contribution in [0.1, 0.15) is 0 Å². The first-order chi connectivity index (χ1) is 26.7. The van der Waals surface area contributed by atoms with Crippen LogP contribution in [0, 0.1) is 0 Å². The normalized spacial score (nSPS) is 11.7. The van der Waals surface area contributed by atoms with E-state index in [4.69, 9.17) is 19.4 Å². The van der Waals surface area contributed by atoms with Crippen LogP contribution in [0.15, 0.2) is 180 Å². The third kappa shape index (κ3) is 5.01. The maximum absolute atomic E-state index is 6.62. The molecule has 0 aliphatic heterocycles. The van der Waals surface area contributed by atoms with Crippen molar-refractivity contribution in [3.05, 3.63) is 176 Å². The Morgan fingerprint density at radius 1 is 0.426 bits per heavy atom. The molecule has 0 atom stereocenters. The lowest BCUT2D eigenvalue weighted by molar-refractivity contribution is 0.669. The van der Waals surface area contributed by atoms with E-state index in [-0.39, 0.29) is 0 Å². The molecule has 5 heteroatoms. The molecule has 0 saturated carbocycles. The molecule has 0 bridgehead atoms. The van der Waals surface area contributed by atoms with Crippen LogP contribution >= 0.6 is 11.3 Å². The van der Waals surface area contributed by atoms with Crippen molar-refractivity contribution >= 4 is 64.4 Å². The van der Waals surface area contributed by atoms with Gasteiger partial charge >= 0.3 is 0 Å². The van der Waals surface area contributed by atoms with Crippen LogP contribution in [0.3, 0.4) is 0 Å². The molecule has 252 valence electrons. The van der Waals surface area contributed by atoms with Gasteiger partial charge in [-0.3, -0.25) is 0 Å². The lowest BCUT2D eigenvalue weighted by atomic mass is 10.0. The Labute approximate surface area is 314 Å². The zero-order valence-corrected chi connectivity index (χ0v) is 29.7. The molecule has 0 radical (unpaired) electrons. The van der Waals surface area contributed by atoms with Gasteiger partial charge in [-0.25, -0.2) is 15.0 Å². The van der Waals surface area contributed by atoms with E-state index >= 15 is 0 Å². The van der Waals surface area contributed by atoms with Crippen LogP contribution in [-0.4, -0.2) is 15.0 Å². The van der Waals surface area contributed by atoms with E-state index in [2.05, 4.69) is 133 Å². The van der Waals surface area contributed by atoms with Gasteiger partial charge in [-0.05, 0) is 47.5 Å². The molecule has 4 aromatic heterocycles. The Bertz CT molecular complexity index is 3200. The molecule has 54 heavy (non-hydrogen) atoms. The number of pyridine rings is 1. The van der Waals surface area contributed by atoms with Gasteiger partial charge in [0.1, 0.15) is 11.3 Å². The number of aromatic nitrogens is 3. The summed E-state index contributed by atoms with van der Waals surface area (Å²) >= 11 is 1.85. The van der Waals surface area contributed by atoms with Gasteiger partial charge < -0.3 is 4.42 Å². The molecule has 4 heterocycles. The van der Waals surface area contributed by atoms with E-state index < -0.39 is 0 Å². The maximum Gasteiger partial charge on any atom is 0.162 e. The van der Waals surface area contributed by atoms with Crippen molar-refractivity contribution in [2.75, 3.05) is 0 Å². The predicted octanol–water partition coefficient (Wildman–Crippen LogP) is 13.6. The lowest BCUT2D eigenvalue weighted by Gasteiger charge is -2.10. The van der Waals surface area contributed by atoms with Gasteiger partial charge in [0.15, 0.2) is 11.4 Å². The number of hydrogen-bond donors (Lipinski definition) is 0. The minimum absolute atomic E-state index is 0.677. The van der Waals surface area contributed by atoms with Gasteiger partial charge in [0.25, 0.3) is 0 Å². The van der Waals surface area contributed by atoms with Crippen LogP contribution < -0.4 is 0 Å². The summed E-state index contributed by atoms with van der Waals surface area (Å²) < 4.78 is 9.23. The summed E-state index contributed by atoms with van der Waals surface area (Å²) in [6.45, 7) is 0. The lowest BCUT2D eigenvalue weighted by Crippen LogP contribution is -1.96. The number of fused-ring (bicyclic) bond motifs is 8. The average Bonchev–Trinajstić information content (AvgIpc) is 3.83. The molecule has 0 aliphatic rings. The monoisotopic (exact) mass is 707 g/mol. The van der Waals surface area contributed by atoms with E-state index in [0.29, 0.717) is 5.82 Å². The number of benzene rings is 7. The fraction of sp³-hybridized carbons (Fsp3) is 0. The van der Waals surface area contributed by atoms with Crippen LogP contribution in [0.4, 0.5) is 0 Å². The van der Waals surface area contributed by atoms with E-state index in [0.717, 1.165) is 72.2 Å². The minimum Gasteiger partial charge on any atom is -0.454 e. The molecular formula is C49H29N3OS. The highest BCUT2D eigenvalue weighted by molar-refractivity contribution is 7.26. The summed E-state index contributed by atoms with van der Waals surface area (Å²) in [6, 6.07) is 61.3. The highest BCUT2D eigenvalue weighted by Crippen LogP contribution is 2.42. The van der Waals surface area contributed by atoms with Gasteiger partial charge in [0, 0.05) is 58.6 Å². The Kier molecular flexibility index (Phi) is 7.00. The SMILES string of the molecule is c1ccc(-c2cc(-c3ccc4oc5c(-c6ccccc6)nc6ccccc6c5c4c3)nc(-c3ccc(-c4cccc5c4sc4ccccc45)cc3)n2)cc1. The molecule has 0 unspecified atom stereocenters. The average molecular weight is 708 g/mol. The standard InChI is InChI=1S/C49H29N3OS/c1-3-12-31(13-4-1)41-29-42(52-49(51-41)33-24-22-30(23-25-33)35-18-11-19-37-36-16-8-10-21-44(36)54-48(35)37)34-26-27-43-39(28-34)45-38-17-7-9-20-40(38)50-46(47(45)53-43)32-14-5-2-6-15-32/h1-29H. The maximum atomic E-state index is 6.62. The molecular weight excluding hydrogens is 679 g/mol. The zero-order chi connectivity index (χ0) is 35.6. The third-order valence-corrected chi connectivity index (χ3v) is 11.5. The fourth-order valence-corrected chi connectivity index (χ4v) is 8.93. The van der Waals surface area contributed by atoms with Crippen molar-refractivity contribution in [1.29, 1.82) is 0 Å². The molecule has 4 nitrogen and oxygen atoms in total. The van der Waals surface area contributed by atoms with Crippen LogP contribution in [0.2, 0.25) is 0 Å². The van der Waals surface area contributed by atoms with Crippen molar-refractivity contribution in [3.8, 4) is 56.3 Å². The summed E-state index contributed by atoms with van der Waals surface area (Å²) in [7, 11) is 0. The van der Waals surface area contributed by atoms with Gasteiger partial charge in [-0.2, -0.15) is 0 Å². The second-order valence-electron chi connectivity index (χ2n) is 13.5. The molecule has 11 aromatic rings. The van der Waals surface area contributed by atoms with Crippen LogP contribution in [0.25, 0.3) is 109 Å². The summed E-state index contributed by atoms with van der Waals surface area (Å²) in [5.41, 5.74) is 11.5. The topological polar surface area (TPSA) is 51.8 Å². The highest BCUT2D eigenvalue weighted by atomic mass is 32.1. The smallest absolute Gasteiger partial charge is 0.162 e. The Balaban J connectivity index is 1.07. The van der Waals surface area contributed by atoms with Gasteiger partial charge in [-0.15, -0.1) is 11.3 Å². The molecule has 7 aromatic carbocycles. The molecule has 0 spiro atoms. The second-order valence-corrected chi connectivity index (χ2v) is 14.6. The molecule has 0 N–H and O–H groups in total. The van der Waals surface area contributed by atoms with Crippen LogP contribution in [-0.2, 0) is 0 Å². The molecule has 0 amide bonds. The summed E-state index contributed by atoms with van der Waals surface area (Å²) in [5, 5.41) is 5.74. The van der Waals surface area contributed by atoms with Gasteiger partial charge in [0.2, 0.25) is 0 Å². The van der Waals surface area contributed by atoms with Gasteiger partial charge in [0.05, 0.1) is 16.9 Å². The number of thiophene rings is 1. The largest absolute Gasteiger partial charge is 0.454 e. The first-order valence-corrected chi connectivity index (χ1v) is 18.8. The predicted molar refractivity (Wildman–Crippen MR) is 225 cm³/mol. The first kappa shape index (κ1) is 30.7. The van der Waals surface area contributed by atoms with Gasteiger partial charge in [-0.1, -0.05) is 140 Å². The van der Waals surface area contributed by atoms with Crippen molar-refractivity contribution in [1.82, 2.24) is 15.0 Å². The van der Waals surface area contributed by atoms with E-state index in [1.165, 1.54) is 31.3 Å². The second kappa shape index (κ2) is 12.3. The van der Waals surface area contributed by atoms with Crippen molar-refractivity contribution in [2.45, 2.75) is 0 Å². The number of furan rings is 1. The van der Waals surface area contributed by atoms with Crippen LogP contribution in [0.5, 0.6) is 0 Å². The van der Waals surface area contributed by atoms with Crippen molar-refractivity contribution in [3.63, 3.8) is 0 Å². The Hall–Kier alpha value is -6.95.